The highest BCUT2D eigenvalue weighted by atomic mass is 19.1. The van der Waals surface area contributed by atoms with Gasteiger partial charge in [-0.1, -0.05) is 5.16 Å². The van der Waals surface area contributed by atoms with Crippen molar-refractivity contribution >= 4 is 5.69 Å². The van der Waals surface area contributed by atoms with Crippen LogP contribution in [0.15, 0.2) is 4.52 Å². The molecule has 3 nitrogen and oxygen atoms in total. The summed E-state index contributed by atoms with van der Waals surface area (Å²) in [5, 5.41) is 6.81. The highest BCUT2D eigenvalue weighted by Gasteiger charge is 2.43. The minimum Gasteiger partial charge on any atom is -0.377 e. The van der Waals surface area contributed by atoms with Crippen LogP contribution in [0.3, 0.4) is 0 Å². The van der Waals surface area contributed by atoms with Crippen molar-refractivity contribution in [2.45, 2.75) is 32.4 Å². The standard InChI is InChI=1S/C9H13FN2O/c1-6-8(7(2)13-12-6)11-5-9(10)3-4-9/h11H,3-5H2,1-2H3. The molecule has 1 aliphatic rings. The Morgan fingerprint density at radius 2 is 2.23 bits per heavy atom. The molecule has 1 fully saturated rings. The molecule has 0 atom stereocenters. The van der Waals surface area contributed by atoms with Crippen molar-refractivity contribution in [3.63, 3.8) is 0 Å². The van der Waals surface area contributed by atoms with Gasteiger partial charge in [-0.05, 0) is 26.7 Å². The Hall–Kier alpha value is -1.06. The average molecular weight is 184 g/mol. The zero-order valence-electron chi connectivity index (χ0n) is 7.85. The van der Waals surface area contributed by atoms with Gasteiger partial charge in [-0.2, -0.15) is 0 Å². The normalized spacial score (nSPS) is 18.7. The minimum atomic E-state index is -0.976. The van der Waals surface area contributed by atoms with E-state index in [1.807, 2.05) is 13.8 Å². The van der Waals surface area contributed by atoms with Crippen molar-refractivity contribution in [2.24, 2.45) is 0 Å². The van der Waals surface area contributed by atoms with Gasteiger partial charge < -0.3 is 9.84 Å². The van der Waals surface area contributed by atoms with Gasteiger partial charge in [-0.25, -0.2) is 4.39 Å². The summed E-state index contributed by atoms with van der Waals surface area (Å²) in [6, 6.07) is 0. The molecule has 0 spiro atoms. The van der Waals surface area contributed by atoms with Crippen LogP contribution in [0, 0.1) is 13.8 Å². The number of nitrogens with one attached hydrogen (secondary N) is 1. The van der Waals surface area contributed by atoms with Crippen LogP contribution in [0.4, 0.5) is 10.1 Å². The predicted molar refractivity (Wildman–Crippen MR) is 47.5 cm³/mol. The SMILES string of the molecule is Cc1noc(C)c1NCC1(F)CC1. The van der Waals surface area contributed by atoms with Crippen LogP contribution in [-0.2, 0) is 0 Å². The number of nitrogens with zero attached hydrogens (tertiary/aromatic N) is 1. The number of halogens is 1. The number of rotatable bonds is 3. The smallest absolute Gasteiger partial charge is 0.156 e. The molecule has 1 aromatic heterocycles. The molecule has 1 saturated carbocycles. The number of hydrogen-bond acceptors (Lipinski definition) is 3. The van der Waals surface area contributed by atoms with Crippen molar-refractivity contribution < 1.29 is 8.91 Å². The van der Waals surface area contributed by atoms with Gasteiger partial charge in [0.15, 0.2) is 5.76 Å². The zero-order chi connectivity index (χ0) is 9.47. The highest BCUT2D eigenvalue weighted by molar-refractivity contribution is 5.50. The summed E-state index contributed by atoms with van der Waals surface area (Å²) >= 11 is 0. The van der Waals surface area contributed by atoms with E-state index in [9.17, 15) is 4.39 Å². The maximum absolute atomic E-state index is 13.2. The summed E-state index contributed by atoms with van der Waals surface area (Å²) < 4.78 is 18.2. The minimum absolute atomic E-state index is 0.371. The fourth-order valence-corrected chi connectivity index (χ4v) is 1.29. The van der Waals surface area contributed by atoms with Crippen molar-refractivity contribution in [3.8, 4) is 0 Å². The third kappa shape index (κ3) is 1.66. The molecule has 0 unspecified atom stereocenters. The third-order valence-corrected chi connectivity index (χ3v) is 2.41. The number of aryl methyl sites for hydroxylation is 2. The Morgan fingerprint density at radius 3 is 2.69 bits per heavy atom. The second-order valence-corrected chi connectivity index (χ2v) is 3.70. The largest absolute Gasteiger partial charge is 0.377 e. The van der Waals surface area contributed by atoms with E-state index >= 15 is 0 Å². The van der Waals surface area contributed by atoms with Crippen molar-refractivity contribution in [1.29, 1.82) is 0 Å². The van der Waals surface area contributed by atoms with E-state index in [-0.39, 0.29) is 0 Å². The topological polar surface area (TPSA) is 38.1 Å². The highest BCUT2D eigenvalue weighted by Crippen LogP contribution is 2.39. The van der Waals surface area contributed by atoms with Gasteiger partial charge in [0.25, 0.3) is 0 Å². The van der Waals surface area contributed by atoms with Gasteiger partial charge in [0.1, 0.15) is 17.1 Å². The van der Waals surface area contributed by atoms with Gasteiger partial charge in [0.05, 0.1) is 0 Å². The quantitative estimate of drug-likeness (QED) is 0.782. The molecule has 0 bridgehead atoms. The lowest BCUT2D eigenvalue weighted by molar-refractivity contribution is 0.326. The van der Waals surface area contributed by atoms with Gasteiger partial charge in [-0.15, -0.1) is 0 Å². The monoisotopic (exact) mass is 184 g/mol. The molecule has 4 heteroatoms. The maximum atomic E-state index is 13.2. The third-order valence-electron chi connectivity index (χ3n) is 2.41. The van der Waals surface area contributed by atoms with Crippen molar-refractivity contribution in [3.05, 3.63) is 11.5 Å². The number of hydrogen-bond donors (Lipinski definition) is 1. The summed E-state index contributed by atoms with van der Waals surface area (Å²) in [6.07, 6.45) is 1.34. The molecule has 0 aromatic carbocycles. The van der Waals surface area contributed by atoms with Crippen LogP contribution >= 0.6 is 0 Å². The number of alkyl halides is 1. The van der Waals surface area contributed by atoms with Gasteiger partial charge >= 0.3 is 0 Å². The van der Waals surface area contributed by atoms with Crippen LogP contribution in [0.2, 0.25) is 0 Å². The lowest BCUT2D eigenvalue weighted by Gasteiger charge is -2.07. The molecule has 2 rings (SSSR count). The fraction of sp³-hybridized carbons (Fsp3) is 0.667. The first kappa shape index (κ1) is 8.53. The Balaban J connectivity index is 2.00. The van der Waals surface area contributed by atoms with Crippen LogP contribution in [-0.4, -0.2) is 17.4 Å². The molecule has 0 aliphatic heterocycles. The molecule has 0 amide bonds. The molecule has 13 heavy (non-hydrogen) atoms. The molecule has 72 valence electrons. The van der Waals surface area contributed by atoms with E-state index in [0.717, 1.165) is 17.1 Å². The summed E-state index contributed by atoms with van der Waals surface area (Å²) in [7, 11) is 0. The zero-order valence-corrected chi connectivity index (χ0v) is 7.85. The predicted octanol–water partition coefficient (Wildman–Crippen LogP) is 2.21. The molecule has 1 aromatic rings. The first-order valence-electron chi connectivity index (χ1n) is 4.46. The average Bonchev–Trinajstić information content (AvgIpc) is 2.72. The molecule has 1 aliphatic carbocycles. The molecule has 1 heterocycles. The van der Waals surface area contributed by atoms with Gasteiger partial charge in [0, 0.05) is 6.54 Å². The fourth-order valence-electron chi connectivity index (χ4n) is 1.29. The van der Waals surface area contributed by atoms with E-state index in [1.165, 1.54) is 0 Å². The summed E-state index contributed by atoms with van der Waals surface area (Å²) in [5.41, 5.74) is 0.654. The van der Waals surface area contributed by atoms with Crippen LogP contribution in [0.25, 0.3) is 0 Å². The first-order chi connectivity index (χ1) is 6.11. The van der Waals surface area contributed by atoms with E-state index < -0.39 is 5.67 Å². The second kappa shape index (κ2) is 2.72. The Labute approximate surface area is 76.3 Å². The number of aromatic nitrogens is 1. The van der Waals surface area contributed by atoms with Gasteiger partial charge in [0.2, 0.25) is 0 Å². The number of anilines is 1. The summed E-state index contributed by atoms with van der Waals surface area (Å²) in [6.45, 7) is 4.03. The molecule has 0 saturated heterocycles. The maximum Gasteiger partial charge on any atom is 0.156 e. The lowest BCUT2D eigenvalue weighted by Crippen LogP contribution is -2.16. The van der Waals surface area contributed by atoms with E-state index in [0.29, 0.717) is 19.4 Å². The van der Waals surface area contributed by atoms with E-state index in [4.69, 9.17) is 4.52 Å². The summed E-state index contributed by atoms with van der Waals surface area (Å²) in [5.74, 6) is 0.724. The molecular formula is C9H13FN2O. The van der Waals surface area contributed by atoms with Gasteiger partial charge in [-0.3, -0.25) is 0 Å². The van der Waals surface area contributed by atoms with E-state index in [1.54, 1.807) is 0 Å². The Kier molecular flexibility index (Phi) is 1.78. The summed E-state index contributed by atoms with van der Waals surface area (Å²) in [4.78, 5) is 0. The van der Waals surface area contributed by atoms with Crippen molar-refractivity contribution in [1.82, 2.24) is 5.16 Å². The van der Waals surface area contributed by atoms with Crippen molar-refractivity contribution in [2.75, 3.05) is 11.9 Å². The second-order valence-electron chi connectivity index (χ2n) is 3.70. The molecular weight excluding hydrogens is 171 g/mol. The first-order valence-corrected chi connectivity index (χ1v) is 4.46. The van der Waals surface area contributed by atoms with Crippen LogP contribution in [0.5, 0.6) is 0 Å². The Bertz CT molecular complexity index is 298. The molecule has 1 N–H and O–H groups in total. The lowest BCUT2D eigenvalue weighted by atomic mass is 10.3. The molecule has 0 radical (unpaired) electrons. The van der Waals surface area contributed by atoms with Crippen LogP contribution in [0.1, 0.15) is 24.3 Å². The van der Waals surface area contributed by atoms with Crippen LogP contribution < -0.4 is 5.32 Å². The Morgan fingerprint density at radius 1 is 1.54 bits per heavy atom. The van der Waals surface area contributed by atoms with E-state index in [2.05, 4.69) is 10.5 Å².